The lowest BCUT2D eigenvalue weighted by Crippen LogP contribution is -2.52. The molecule has 3 nitrogen and oxygen atoms in total. The van der Waals surface area contributed by atoms with E-state index in [-0.39, 0.29) is 0 Å². The minimum Gasteiger partial charge on any atom is -0.369 e. The normalized spacial score (nSPS) is 17.2. The Hall–Kier alpha value is -0.780. The number of para-hydroxylation sites is 1. The molecular formula is C11H15N3S2. The number of nitrogens with zero attached hydrogens (tertiary/aromatic N) is 2. The molecule has 0 bridgehead atoms. The van der Waals surface area contributed by atoms with Gasteiger partial charge in [0.05, 0.1) is 0 Å². The van der Waals surface area contributed by atoms with Crippen molar-refractivity contribution in [2.45, 2.75) is 0 Å². The molecule has 0 aromatic heterocycles. The fraction of sp³-hybridized carbons (Fsp3) is 0.364. The number of benzene rings is 1. The van der Waals surface area contributed by atoms with E-state index in [9.17, 15) is 0 Å². The number of hydrogen-bond acceptors (Lipinski definition) is 3. The molecule has 1 N–H and O–H groups in total. The Morgan fingerprint density at radius 2 is 1.75 bits per heavy atom. The van der Waals surface area contributed by atoms with E-state index < -0.39 is 0 Å². The summed E-state index contributed by atoms with van der Waals surface area (Å²) in [5, 5.41) is 2.11. The molecular weight excluding hydrogens is 238 g/mol. The van der Waals surface area contributed by atoms with Crippen LogP contribution < -0.4 is 10.3 Å². The predicted molar refractivity (Wildman–Crippen MR) is 74.9 cm³/mol. The smallest absolute Gasteiger partial charge is 0.145 e. The molecule has 1 fully saturated rings. The van der Waals surface area contributed by atoms with Crippen molar-refractivity contribution in [3.8, 4) is 0 Å². The third-order valence-electron chi connectivity index (χ3n) is 2.65. The highest BCUT2D eigenvalue weighted by Crippen LogP contribution is 2.14. The fourth-order valence-electron chi connectivity index (χ4n) is 1.85. The van der Waals surface area contributed by atoms with Gasteiger partial charge in [0.1, 0.15) is 4.32 Å². The lowest BCUT2D eigenvalue weighted by Gasteiger charge is -2.36. The Kier molecular flexibility index (Phi) is 4.04. The first-order valence-corrected chi connectivity index (χ1v) is 6.16. The van der Waals surface area contributed by atoms with Crippen molar-refractivity contribution >= 4 is 34.9 Å². The van der Waals surface area contributed by atoms with Crippen molar-refractivity contribution in [1.29, 1.82) is 0 Å². The van der Waals surface area contributed by atoms with E-state index >= 15 is 0 Å². The molecule has 1 aromatic rings. The summed E-state index contributed by atoms with van der Waals surface area (Å²) < 4.78 is 0.535. The monoisotopic (exact) mass is 253 g/mol. The highest BCUT2D eigenvalue weighted by atomic mass is 32.1. The molecule has 1 aliphatic heterocycles. The highest BCUT2D eigenvalue weighted by molar-refractivity contribution is 8.11. The van der Waals surface area contributed by atoms with Crippen molar-refractivity contribution in [2.24, 2.45) is 0 Å². The number of hydrogen-bond donors (Lipinski definition) is 2. The highest BCUT2D eigenvalue weighted by Gasteiger charge is 2.16. The van der Waals surface area contributed by atoms with Crippen LogP contribution in [0.4, 0.5) is 5.69 Å². The minimum absolute atomic E-state index is 0.535. The maximum atomic E-state index is 4.90. The summed E-state index contributed by atoms with van der Waals surface area (Å²) >= 11 is 8.96. The summed E-state index contributed by atoms with van der Waals surface area (Å²) in [6, 6.07) is 10.5. The number of piperazine rings is 1. The SMILES string of the molecule is S=C(S)NN1CCN(c2ccccc2)CC1. The topological polar surface area (TPSA) is 18.5 Å². The molecule has 16 heavy (non-hydrogen) atoms. The minimum atomic E-state index is 0.535. The molecule has 2 rings (SSSR count). The molecule has 86 valence electrons. The number of rotatable bonds is 2. The van der Waals surface area contributed by atoms with Gasteiger partial charge in [-0.1, -0.05) is 30.4 Å². The third kappa shape index (κ3) is 3.10. The maximum absolute atomic E-state index is 4.90. The molecule has 0 spiro atoms. The Balaban J connectivity index is 1.88. The van der Waals surface area contributed by atoms with Gasteiger partial charge in [-0.3, -0.25) is 0 Å². The molecule has 5 heteroatoms. The van der Waals surface area contributed by atoms with Crippen molar-refractivity contribution in [3.05, 3.63) is 30.3 Å². The lowest BCUT2D eigenvalue weighted by atomic mass is 10.2. The summed E-state index contributed by atoms with van der Waals surface area (Å²) in [4.78, 5) is 2.37. The van der Waals surface area contributed by atoms with Crippen LogP contribution in [0.5, 0.6) is 0 Å². The fourth-order valence-corrected chi connectivity index (χ4v) is 2.12. The van der Waals surface area contributed by atoms with Crippen LogP contribution in [0.25, 0.3) is 0 Å². The molecule has 1 heterocycles. The second-order valence-corrected chi connectivity index (χ2v) is 4.88. The van der Waals surface area contributed by atoms with Crippen molar-refractivity contribution < 1.29 is 0 Å². The van der Waals surface area contributed by atoms with Crippen LogP contribution in [0.2, 0.25) is 0 Å². The largest absolute Gasteiger partial charge is 0.369 e. The van der Waals surface area contributed by atoms with Crippen LogP contribution in [0, 0.1) is 0 Å². The van der Waals surface area contributed by atoms with E-state index in [0.29, 0.717) is 4.32 Å². The average molecular weight is 253 g/mol. The van der Waals surface area contributed by atoms with Crippen LogP contribution in [-0.2, 0) is 0 Å². The first-order chi connectivity index (χ1) is 7.75. The van der Waals surface area contributed by atoms with Crippen LogP contribution in [-0.4, -0.2) is 35.5 Å². The van der Waals surface area contributed by atoms with Gasteiger partial charge in [0, 0.05) is 31.9 Å². The first-order valence-electron chi connectivity index (χ1n) is 5.30. The van der Waals surface area contributed by atoms with Gasteiger partial charge in [-0.15, -0.1) is 12.6 Å². The summed E-state index contributed by atoms with van der Waals surface area (Å²) in [6.45, 7) is 3.92. The van der Waals surface area contributed by atoms with Gasteiger partial charge >= 0.3 is 0 Å². The third-order valence-corrected chi connectivity index (χ3v) is 2.85. The Bertz CT molecular complexity index is 348. The van der Waals surface area contributed by atoms with E-state index in [0.717, 1.165) is 26.2 Å². The standard InChI is InChI=1S/C11H15N3S2/c15-11(16)12-14-8-6-13(7-9-14)10-4-2-1-3-5-10/h1-5H,6-9H2,(H2,12,15,16). The van der Waals surface area contributed by atoms with Crippen molar-refractivity contribution in [3.63, 3.8) is 0 Å². The van der Waals surface area contributed by atoms with Gasteiger partial charge in [-0.2, -0.15) is 0 Å². The first kappa shape index (κ1) is 11.7. The van der Waals surface area contributed by atoms with Gasteiger partial charge in [-0.05, 0) is 12.1 Å². The van der Waals surface area contributed by atoms with E-state index in [1.54, 1.807) is 0 Å². The van der Waals surface area contributed by atoms with Crippen LogP contribution in [0.1, 0.15) is 0 Å². The van der Waals surface area contributed by atoms with Gasteiger partial charge in [0.15, 0.2) is 0 Å². The predicted octanol–water partition coefficient (Wildman–Crippen LogP) is 1.53. The van der Waals surface area contributed by atoms with Crippen molar-refractivity contribution in [2.75, 3.05) is 31.1 Å². The molecule has 0 radical (unpaired) electrons. The number of thiocarbonyl (C=S) groups is 1. The van der Waals surface area contributed by atoms with Crippen LogP contribution >= 0.6 is 24.8 Å². The lowest BCUT2D eigenvalue weighted by molar-refractivity contribution is 0.225. The zero-order valence-corrected chi connectivity index (χ0v) is 10.7. The second-order valence-electron chi connectivity index (χ2n) is 3.73. The van der Waals surface area contributed by atoms with Gasteiger partial charge in [0.2, 0.25) is 0 Å². The Morgan fingerprint density at radius 3 is 2.31 bits per heavy atom. The van der Waals surface area contributed by atoms with E-state index in [1.807, 2.05) is 6.07 Å². The van der Waals surface area contributed by atoms with Crippen molar-refractivity contribution in [1.82, 2.24) is 10.4 Å². The Morgan fingerprint density at radius 1 is 1.12 bits per heavy atom. The second kappa shape index (κ2) is 5.52. The summed E-state index contributed by atoms with van der Waals surface area (Å²) in [5.41, 5.74) is 4.34. The molecule has 1 aromatic carbocycles. The zero-order valence-electron chi connectivity index (χ0n) is 8.97. The number of hydrazine groups is 1. The molecule has 0 aliphatic carbocycles. The van der Waals surface area contributed by atoms with Crippen LogP contribution in [0.15, 0.2) is 30.3 Å². The van der Waals surface area contributed by atoms with Gasteiger partial charge in [-0.25, -0.2) is 5.01 Å². The summed E-state index contributed by atoms with van der Waals surface area (Å²) in [6.07, 6.45) is 0. The molecule has 0 unspecified atom stereocenters. The van der Waals surface area contributed by atoms with Crippen LogP contribution in [0.3, 0.4) is 0 Å². The maximum Gasteiger partial charge on any atom is 0.145 e. The summed E-state index contributed by atoms with van der Waals surface area (Å²) in [5.74, 6) is 0. The number of thiol groups is 1. The number of nitrogens with one attached hydrogen (secondary N) is 1. The molecule has 0 amide bonds. The van der Waals surface area contributed by atoms with E-state index in [2.05, 4.69) is 52.2 Å². The molecule has 0 saturated carbocycles. The van der Waals surface area contributed by atoms with Gasteiger partial charge < -0.3 is 10.3 Å². The molecule has 1 saturated heterocycles. The van der Waals surface area contributed by atoms with E-state index in [4.69, 9.17) is 12.2 Å². The average Bonchev–Trinajstić information content (AvgIpc) is 2.30. The molecule has 0 atom stereocenters. The van der Waals surface area contributed by atoms with Gasteiger partial charge in [0.25, 0.3) is 0 Å². The number of anilines is 1. The quantitative estimate of drug-likeness (QED) is 0.615. The molecule has 1 aliphatic rings. The van der Waals surface area contributed by atoms with E-state index in [1.165, 1.54) is 5.69 Å². The summed E-state index contributed by atoms with van der Waals surface area (Å²) in [7, 11) is 0. The zero-order chi connectivity index (χ0) is 11.4. The Labute approximate surface area is 107 Å².